The lowest BCUT2D eigenvalue weighted by molar-refractivity contribution is 0.0827. The zero-order valence-corrected chi connectivity index (χ0v) is 22.7. The number of hydrogen-bond donors (Lipinski definition) is 2. The predicted molar refractivity (Wildman–Crippen MR) is 146 cm³/mol. The number of aliphatic hydroxyl groups excluding tert-OH is 1. The van der Waals surface area contributed by atoms with Crippen molar-refractivity contribution >= 4 is 50.3 Å². The molecule has 4 heterocycles. The lowest BCUT2D eigenvalue weighted by Gasteiger charge is -2.14. The number of amides is 1. The molecule has 0 spiro atoms. The molecule has 5 aromatic rings. The van der Waals surface area contributed by atoms with Crippen LogP contribution in [0, 0.1) is 12.7 Å². The number of ketones is 1. The van der Waals surface area contributed by atoms with Gasteiger partial charge in [0.1, 0.15) is 34.7 Å². The summed E-state index contributed by atoms with van der Waals surface area (Å²) >= 11 is 1.25. The van der Waals surface area contributed by atoms with E-state index in [1.807, 2.05) is 19.1 Å². The van der Waals surface area contributed by atoms with Crippen LogP contribution < -0.4 is 14.8 Å². The summed E-state index contributed by atoms with van der Waals surface area (Å²) in [6, 6.07) is 5.04. The van der Waals surface area contributed by atoms with Crippen molar-refractivity contribution in [3.63, 3.8) is 0 Å². The highest BCUT2D eigenvalue weighted by Gasteiger charge is 2.18. The molecular weight excluding hydrogens is 557 g/mol. The molecule has 0 bridgehead atoms. The normalized spacial score (nSPS) is 11.8. The third-order valence-electron chi connectivity index (χ3n) is 5.57. The van der Waals surface area contributed by atoms with Crippen LogP contribution in [-0.2, 0) is 4.74 Å². The van der Waals surface area contributed by atoms with Crippen LogP contribution in [0.4, 0.5) is 14.9 Å². The third-order valence-corrected chi connectivity index (χ3v) is 6.57. The van der Waals surface area contributed by atoms with Crippen LogP contribution in [0.1, 0.15) is 23.1 Å². The Kier molecular flexibility index (Phi) is 7.89. The van der Waals surface area contributed by atoms with Gasteiger partial charge in [0.25, 0.3) is 5.88 Å². The van der Waals surface area contributed by atoms with Crippen LogP contribution in [0.3, 0.4) is 0 Å². The number of nitrogens with one attached hydrogen (secondary N) is 1. The van der Waals surface area contributed by atoms with Gasteiger partial charge in [-0.25, -0.2) is 34.1 Å². The average molecular weight is 580 g/mol. The molecule has 0 aliphatic carbocycles. The monoisotopic (exact) mass is 579 g/mol. The Morgan fingerprint density at radius 1 is 1.07 bits per heavy atom. The lowest BCUT2D eigenvalue weighted by atomic mass is 10.1. The fraction of sp³-hybridized carbons (Fsp3) is 0.231. The summed E-state index contributed by atoms with van der Waals surface area (Å²) in [5.74, 6) is -1.44. The highest BCUT2D eigenvalue weighted by molar-refractivity contribution is 7.21. The van der Waals surface area contributed by atoms with Crippen molar-refractivity contribution in [3.05, 3.63) is 54.0 Å². The number of nitrogens with zero attached hydrogens (tertiary/aromatic N) is 6. The molecule has 1 aromatic carbocycles. The summed E-state index contributed by atoms with van der Waals surface area (Å²) < 4.78 is 30.7. The minimum atomic E-state index is -0.840. The molecule has 210 valence electrons. The largest absolute Gasteiger partial charge is 0.480 e. The minimum Gasteiger partial charge on any atom is -0.480 e. The van der Waals surface area contributed by atoms with Gasteiger partial charge in [0.05, 0.1) is 42.4 Å². The highest BCUT2D eigenvalue weighted by Crippen LogP contribution is 2.35. The van der Waals surface area contributed by atoms with Crippen molar-refractivity contribution < 1.29 is 33.3 Å². The Bertz CT molecular complexity index is 1770. The summed E-state index contributed by atoms with van der Waals surface area (Å²) in [6.45, 7) is 2.57. The molecule has 0 radical (unpaired) electrons. The number of aryl methyl sites for hydroxylation is 1. The van der Waals surface area contributed by atoms with Gasteiger partial charge in [-0.1, -0.05) is 11.3 Å². The summed E-state index contributed by atoms with van der Waals surface area (Å²) in [5, 5.41) is 11.8. The van der Waals surface area contributed by atoms with Crippen molar-refractivity contribution in [3.8, 4) is 22.3 Å². The Hall–Kier alpha value is -4.89. The topological polar surface area (TPSA) is 171 Å². The molecule has 41 heavy (non-hydrogen) atoms. The molecule has 2 N–H and O–H groups in total. The van der Waals surface area contributed by atoms with Gasteiger partial charge in [-0.15, -0.1) is 0 Å². The number of rotatable bonds is 9. The first kappa shape index (κ1) is 27.7. The summed E-state index contributed by atoms with van der Waals surface area (Å²) in [7, 11) is 1.52. The van der Waals surface area contributed by atoms with E-state index in [4.69, 9.17) is 19.3 Å². The first-order chi connectivity index (χ1) is 19.7. The number of carbonyl (C=O) groups excluding carboxylic acids is 2. The number of anilines is 1. The van der Waals surface area contributed by atoms with Crippen LogP contribution in [-0.4, -0.2) is 73.3 Å². The van der Waals surface area contributed by atoms with Crippen LogP contribution in [0.15, 0.2) is 36.8 Å². The molecule has 0 saturated carbocycles. The molecule has 5 rings (SSSR count). The van der Waals surface area contributed by atoms with E-state index in [0.717, 1.165) is 11.1 Å². The van der Waals surface area contributed by atoms with E-state index in [2.05, 4.69) is 35.2 Å². The van der Waals surface area contributed by atoms with Gasteiger partial charge in [0.2, 0.25) is 11.7 Å². The molecule has 1 amide bonds. The van der Waals surface area contributed by atoms with Gasteiger partial charge in [-0.3, -0.25) is 10.1 Å². The van der Waals surface area contributed by atoms with Gasteiger partial charge < -0.3 is 19.3 Å². The Morgan fingerprint density at radius 3 is 2.59 bits per heavy atom. The van der Waals surface area contributed by atoms with E-state index in [1.165, 1.54) is 43.1 Å². The van der Waals surface area contributed by atoms with Crippen LogP contribution in [0.25, 0.3) is 32.0 Å². The maximum Gasteiger partial charge on any atom is 0.412 e. The summed E-state index contributed by atoms with van der Waals surface area (Å²) in [6.07, 6.45) is 2.28. The Labute approximate surface area is 235 Å². The second-order valence-corrected chi connectivity index (χ2v) is 9.72. The highest BCUT2D eigenvalue weighted by atomic mass is 32.1. The lowest BCUT2D eigenvalue weighted by Crippen LogP contribution is -2.25. The molecule has 1 atom stereocenters. The van der Waals surface area contributed by atoms with Gasteiger partial charge in [-0.05, 0) is 31.5 Å². The first-order valence-electron chi connectivity index (χ1n) is 12.1. The van der Waals surface area contributed by atoms with Gasteiger partial charge in [-0.2, -0.15) is 4.98 Å². The van der Waals surface area contributed by atoms with E-state index >= 15 is 0 Å². The zero-order valence-electron chi connectivity index (χ0n) is 21.9. The molecule has 0 fully saturated rings. The molecule has 4 aromatic heterocycles. The van der Waals surface area contributed by atoms with Crippen LogP contribution in [0.5, 0.6) is 11.8 Å². The number of ether oxygens (including phenoxy) is 3. The number of carbonyl (C=O) groups is 2. The number of halogens is 1. The third kappa shape index (κ3) is 6.15. The predicted octanol–water partition coefficient (Wildman–Crippen LogP) is 3.74. The van der Waals surface area contributed by atoms with E-state index in [0.29, 0.717) is 32.3 Å². The smallest absolute Gasteiger partial charge is 0.412 e. The number of benzene rings is 1. The molecule has 13 nitrogen and oxygen atoms in total. The summed E-state index contributed by atoms with van der Waals surface area (Å²) in [5.41, 5.74) is 3.46. The molecule has 0 aliphatic heterocycles. The molecule has 15 heteroatoms. The standard InChI is InChI=1S/C26H22FN7O6S/c1-12-4-15(21-17(5-12)32-20(38-3)9-28-21)24-33-18-6-16(27)23(34-25(18)41-24)39-11-13(2)40-26(37)31-14-7-29-22(30-8-14)19(36)10-35/h4-9,13,35H,10-11H2,1-3H3,(H,31,37)/t13-/m1/s1. The minimum absolute atomic E-state index is 0.170. The van der Waals surface area contributed by atoms with Crippen molar-refractivity contribution in [1.82, 2.24) is 29.9 Å². The van der Waals surface area contributed by atoms with Gasteiger partial charge in [0, 0.05) is 11.6 Å². The number of pyridine rings is 1. The van der Waals surface area contributed by atoms with Crippen molar-refractivity contribution in [1.29, 1.82) is 0 Å². The molecule has 0 saturated heterocycles. The maximum atomic E-state index is 14.8. The van der Waals surface area contributed by atoms with Crippen molar-refractivity contribution in [2.75, 3.05) is 25.6 Å². The van der Waals surface area contributed by atoms with Crippen LogP contribution >= 0.6 is 11.3 Å². The molecular formula is C26H22FN7O6S. The van der Waals surface area contributed by atoms with E-state index in [-0.39, 0.29) is 24.0 Å². The number of fused-ring (bicyclic) bond motifs is 2. The van der Waals surface area contributed by atoms with Crippen molar-refractivity contribution in [2.24, 2.45) is 0 Å². The second-order valence-electron chi connectivity index (χ2n) is 8.74. The number of methoxy groups -OCH3 is 1. The first-order valence-corrected chi connectivity index (χ1v) is 12.9. The number of thiazole rings is 1. The van der Waals surface area contributed by atoms with E-state index in [9.17, 15) is 14.0 Å². The maximum absolute atomic E-state index is 14.8. The summed E-state index contributed by atoms with van der Waals surface area (Å²) in [4.78, 5) is 49.3. The number of aromatic nitrogens is 6. The quantitative estimate of drug-likeness (QED) is 0.243. The number of hydrogen-bond acceptors (Lipinski definition) is 13. The fourth-order valence-corrected chi connectivity index (χ4v) is 4.65. The van der Waals surface area contributed by atoms with Gasteiger partial charge >= 0.3 is 6.09 Å². The van der Waals surface area contributed by atoms with Gasteiger partial charge in [0.15, 0.2) is 11.6 Å². The molecule has 0 aliphatic rings. The molecule has 0 unspecified atom stereocenters. The zero-order chi connectivity index (χ0) is 29.1. The number of aliphatic hydroxyl groups is 1. The van der Waals surface area contributed by atoms with E-state index in [1.54, 1.807) is 6.92 Å². The Morgan fingerprint density at radius 2 is 1.85 bits per heavy atom. The SMILES string of the molecule is COc1cnc2c(-c3nc4cc(F)c(OC[C@@H](C)OC(=O)Nc5cnc(C(=O)CO)nc5)nc4s3)cc(C)cc2n1. The van der Waals surface area contributed by atoms with Crippen LogP contribution in [0.2, 0.25) is 0 Å². The average Bonchev–Trinajstić information content (AvgIpc) is 3.37. The number of Topliss-reactive ketones (excluding diaryl/α,β-unsaturated/α-hetero) is 1. The Balaban J connectivity index is 1.26. The van der Waals surface area contributed by atoms with E-state index < -0.39 is 30.4 Å². The fourth-order valence-electron chi connectivity index (χ4n) is 3.72. The second kappa shape index (κ2) is 11.7. The van der Waals surface area contributed by atoms with Crippen molar-refractivity contribution in [2.45, 2.75) is 20.0 Å².